The molecule has 1 fully saturated rings. The smallest absolute Gasteiger partial charge is 0.141 e. The van der Waals surface area contributed by atoms with Crippen molar-refractivity contribution in [2.24, 2.45) is 5.92 Å². The molecule has 0 amide bonds. The van der Waals surface area contributed by atoms with Gasteiger partial charge in [0.15, 0.2) is 0 Å². The van der Waals surface area contributed by atoms with Crippen LogP contribution in [0, 0.1) is 17.2 Å². The lowest BCUT2D eigenvalue weighted by Crippen LogP contribution is -2.47. The fourth-order valence-corrected chi connectivity index (χ4v) is 4.51. The number of nitrogens with zero attached hydrogens (tertiary/aromatic N) is 1. The summed E-state index contributed by atoms with van der Waals surface area (Å²) in [6.07, 6.45) is 5.51. The Kier molecular flexibility index (Phi) is 6.14. The van der Waals surface area contributed by atoms with Crippen LogP contribution in [0.1, 0.15) is 45.1 Å². The van der Waals surface area contributed by atoms with E-state index in [-0.39, 0.29) is 6.04 Å². The summed E-state index contributed by atoms with van der Waals surface area (Å²) in [6, 6.07) is 13.0. The van der Waals surface area contributed by atoms with Crippen molar-refractivity contribution in [3.8, 4) is 6.07 Å². The first-order chi connectivity index (χ1) is 10.2. The molecule has 1 unspecified atom stereocenters. The minimum absolute atomic E-state index is 0.289. The number of benzene rings is 1. The first kappa shape index (κ1) is 16.4. The van der Waals surface area contributed by atoms with Crippen LogP contribution in [0.5, 0.6) is 0 Å². The Morgan fingerprint density at radius 3 is 2.52 bits per heavy atom. The maximum Gasteiger partial charge on any atom is 0.141 e. The topological polar surface area (TPSA) is 35.8 Å². The average molecular weight is 302 g/mol. The molecule has 1 aromatic carbocycles. The maximum absolute atomic E-state index is 9.84. The molecule has 1 aliphatic rings. The van der Waals surface area contributed by atoms with E-state index in [0.29, 0.717) is 0 Å². The maximum atomic E-state index is 9.84. The monoisotopic (exact) mass is 302 g/mol. The zero-order chi connectivity index (χ0) is 15.1. The molecule has 0 spiro atoms. The third kappa shape index (κ3) is 4.49. The molecule has 0 aliphatic heterocycles. The molecular weight excluding hydrogens is 276 g/mol. The van der Waals surface area contributed by atoms with Crippen LogP contribution in [0.3, 0.4) is 0 Å². The van der Waals surface area contributed by atoms with Crippen molar-refractivity contribution in [2.45, 2.75) is 51.1 Å². The van der Waals surface area contributed by atoms with Gasteiger partial charge in [0.25, 0.3) is 0 Å². The van der Waals surface area contributed by atoms with Crippen molar-refractivity contribution in [1.29, 1.82) is 5.26 Å². The lowest BCUT2D eigenvalue weighted by atomic mass is 9.92. The number of thioether (sulfide) groups is 1. The highest BCUT2D eigenvalue weighted by Crippen LogP contribution is 2.31. The zero-order valence-corrected chi connectivity index (χ0v) is 14.0. The van der Waals surface area contributed by atoms with Gasteiger partial charge >= 0.3 is 0 Å². The van der Waals surface area contributed by atoms with Crippen LogP contribution in [0.25, 0.3) is 0 Å². The van der Waals surface area contributed by atoms with Gasteiger partial charge < -0.3 is 0 Å². The SMILES string of the molecule is CC(C)NC(C#N)(CSCC1CCCC1)c1ccccc1. The molecule has 21 heavy (non-hydrogen) atoms. The quantitative estimate of drug-likeness (QED) is 0.814. The summed E-state index contributed by atoms with van der Waals surface area (Å²) in [5.41, 5.74) is 0.513. The molecule has 2 rings (SSSR count). The van der Waals surface area contributed by atoms with Crippen molar-refractivity contribution < 1.29 is 0 Å². The fourth-order valence-electron chi connectivity index (χ4n) is 3.11. The standard InChI is InChI=1S/C18H26N2S/c1-15(2)20-18(13-19,17-10-4-3-5-11-17)14-21-12-16-8-6-7-9-16/h3-5,10-11,15-16,20H,6-9,12,14H2,1-2H3. The highest BCUT2D eigenvalue weighted by Gasteiger charge is 2.33. The minimum Gasteiger partial charge on any atom is -0.293 e. The average Bonchev–Trinajstić information content (AvgIpc) is 3.00. The molecule has 0 radical (unpaired) electrons. The van der Waals surface area contributed by atoms with Gasteiger partial charge in [-0.15, -0.1) is 0 Å². The molecule has 3 heteroatoms. The second-order valence-corrected chi connectivity index (χ2v) is 7.38. The molecule has 1 saturated carbocycles. The fraction of sp³-hybridized carbons (Fsp3) is 0.611. The largest absolute Gasteiger partial charge is 0.293 e. The first-order valence-corrected chi connectivity index (χ1v) is 9.14. The van der Waals surface area contributed by atoms with Crippen molar-refractivity contribution in [3.05, 3.63) is 35.9 Å². The van der Waals surface area contributed by atoms with E-state index in [0.717, 1.165) is 17.2 Å². The van der Waals surface area contributed by atoms with Crippen LogP contribution in [-0.2, 0) is 5.54 Å². The number of hydrogen-bond donors (Lipinski definition) is 1. The Morgan fingerprint density at radius 1 is 1.29 bits per heavy atom. The van der Waals surface area contributed by atoms with Gasteiger partial charge in [-0.1, -0.05) is 43.2 Å². The highest BCUT2D eigenvalue weighted by atomic mass is 32.2. The second-order valence-electron chi connectivity index (χ2n) is 6.35. The lowest BCUT2D eigenvalue weighted by molar-refractivity contribution is 0.425. The third-order valence-corrected chi connectivity index (χ3v) is 5.48. The summed E-state index contributed by atoms with van der Waals surface area (Å²) in [6.45, 7) is 4.22. The summed E-state index contributed by atoms with van der Waals surface area (Å²) in [4.78, 5) is 0. The summed E-state index contributed by atoms with van der Waals surface area (Å²) in [5, 5.41) is 13.3. The van der Waals surface area contributed by atoms with Gasteiger partial charge in [0.2, 0.25) is 0 Å². The lowest BCUT2D eigenvalue weighted by Gasteiger charge is -2.31. The summed E-state index contributed by atoms with van der Waals surface area (Å²) in [7, 11) is 0. The van der Waals surface area contributed by atoms with E-state index in [1.165, 1.54) is 31.4 Å². The van der Waals surface area contributed by atoms with E-state index >= 15 is 0 Å². The van der Waals surface area contributed by atoms with Crippen molar-refractivity contribution in [2.75, 3.05) is 11.5 Å². The molecule has 1 aliphatic carbocycles. The van der Waals surface area contributed by atoms with E-state index in [2.05, 4.69) is 37.4 Å². The number of nitriles is 1. The van der Waals surface area contributed by atoms with Crippen LogP contribution in [0.15, 0.2) is 30.3 Å². The van der Waals surface area contributed by atoms with E-state index in [1.54, 1.807) is 0 Å². The van der Waals surface area contributed by atoms with Gasteiger partial charge in [0.05, 0.1) is 6.07 Å². The Hall–Kier alpha value is -0.980. The van der Waals surface area contributed by atoms with Crippen LogP contribution in [0.2, 0.25) is 0 Å². The number of nitrogens with one attached hydrogen (secondary N) is 1. The van der Waals surface area contributed by atoms with Crippen molar-refractivity contribution >= 4 is 11.8 Å². The minimum atomic E-state index is -0.571. The molecule has 1 atom stereocenters. The molecule has 2 nitrogen and oxygen atoms in total. The third-order valence-electron chi connectivity index (χ3n) is 4.14. The summed E-state index contributed by atoms with van der Waals surface area (Å²) in [5.74, 6) is 2.87. The van der Waals surface area contributed by atoms with Crippen LogP contribution < -0.4 is 5.32 Å². The Labute approximate surface area is 133 Å². The molecule has 1 aromatic rings. The molecule has 0 saturated heterocycles. The van der Waals surface area contributed by atoms with E-state index in [9.17, 15) is 5.26 Å². The molecule has 114 valence electrons. The predicted octanol–water partition coefficient (Wildman–Crippen LogP) is 4.33. The molecule has 1 N–H and O–H groups in total. The van der Waals surface area contributed by atoms with Gasteiger partial charge in [-0.25, -0.2) is 0 Å². The van der Waals surface area contributed by atoms with Gasteiger partial charge in [0, 0.05) is 11.8 Å². The van der Waals surface area contributed by atoms with Crippen LogP contribution in [0.4, 0.5) is 0 Å². The van der Waals surface area contributed by atoms with E-state index < -0.39 is 5.54 Å². The Morgan fingerprint density at radius 2 is 1.95 bits per heavy atom. The Balaban J connectivity index is 2.06. The van der Waals surface area contributed by atoms with E-state index in [4.69, 9.17) is 0 Å². The van der Waals surface area contributed by atoms with Gasteiger partial charge in [-0.3, -0.25) is 5.32 Å². The molecule has 0 aromatic heterocycles. The van der Waals surface area contributed by atoms with Crippen LogP contribution in [-0.4, -0.2) is 17.5 Å². The molecular formula is C18H26N2S. The normalized spacial score (nSPS) is 18.6. The van der Waals surface area contributed by atoms with Crippen LogP contribution >= 0.6 is 11.8 Å². The van der Waals surface area contributed by atoms with Crippen molar-refractivity contribution in [3.63, 3.8) is 0 Å². The number of hydrogen-bond acceptors (Lipinski definition) is 3. The predicted molar refractivity (Wildman–Crippen MR) is 91.3 cm³/mol. The zero-order valence-electron chi connectivity index (χ0n) is 13.1. The first-order valence-electron chi connectivity index (χ1n) is 7.98. The molecule has 0 heterocycles. The number of rotatable bonds is 7. The Bertz CT molecular complexity index is 460. The van der Waals surface area contributed by atoms with Crippen molar-refractivity contribution in [1.82, 2.24) is 5.32 Å². The van der Waals surface area contributed by atoms with E-state index in [1.807, 2.05) is 30.0 Å². The van der Waals surface area contributed by atoms with Gasteiger partial charge in [-0.2, -0.15) is 17.0 Å². The van der Waals surface area contributed by atoms with Gasteiger partial charge in [0.1, 0.15) is 5.54 Å². The summed E-state index contributed by atoms with van der Waals surface area (Å²) >= 11 is 1.93. The highest BCUT2D eigenvalue weighted by molar-refractivity contribution is 7.99. The van der Waals surface area contributed by atoms with Gasteiger partial charge in [-0.05, 0) is 43.9 Å². The molecule has 0 bridgehead atoms. The second kappa shape index (κ2) is 7.87. The summed E-state index contributed by atoms with van der Waals surface area (Å²) < 4.78 is 0.